The van der Waals surface area contributed by atoms with Crippen molar-refractivity contribution in [2.24, 2.45) is 5.11 Å². The van der Waals surface area contributed by atoms with Crippen LogP contribution in [0.25, 0.3) is 10.4 Å². The molecule has 0 aliphatic carbocycles. The molecule has 74 valence electrons. The Balaban J connectivity index is 2.51. The van der Waals surface area contributed by atoms with Crippen LogP contribution in [0.2, 0.25) is 0 Å². The van der Waals surface area contributed by atoms with Crippen LogP contribution < -0.4 is 0 Å². The number of hydrogen-bond donors (Lipinski definition) is 1. The largest absolute Gasteiger partial charge is 0.394 e. The Hall–Kier alpha value is -0.810. The van der Waals surface area contributed by atoms with E-state index in [2.05, 4.69) is 10.0 Å². The van der Waals surface area contributed by atoms with E-state index < -0.39 is 6.10 Å². The number of ether oxygens (including phenoxy) is 2. The molecule has 1 heterocycles. The first-order chi connectivity index (χ1) is 6.81. The molecule has 0 aromatic carbocycles. The van der Waals surface area contributed by atoms with Gasteiger partial charge < -0.3 is 14.6 Å². The van der Waals surface area contributed by atoms with Crippen molar-refractivity contribution in [3.8, 4) is 0 Å². The molecule has 1 aliphatic heterocycles. The Bertz CT molecular complexity index is 222. The van der Waals surface area contributed by atoms with Gasteiger partial charge in [0.1, 0.15) is 6.10 Å². The van der Waals surface area contributed by atoms with Crippen LogP contribution in [0.15, 0.2) is 5.11 Å². The number of hydrogen-bond acceptors (Lipinski definition) is 4. The van der Waals surface area contributed by atoms with Crippen LogP contribution >= 0.6 is 0 Å². The van der Waals surface area contributed by atoms with Crippen molar-refractivity contribution in [1.29, 1.82) is 0 Å². The lowest BCUT2D eigenvalue weighted by molar-refractivity contribution is -0.115. The van der Waals surface area contributed by atoms with Gasteiger partial charge in [0, 0.05) is 12.0 Å². The topological polar surface area (TPSA) is 87.5 Å². The Kier molecular flexibility index (Phi) is 3.40. The highest BCUT2D eigenvalue weighted by molar-refractivity contribution is 4.83. The monoisotopic (exact) mass is 188 g/mol. The summed E-state index contributed by atoms with van der Waals surface area (Å²) in [6.45, 7) is 0.154. The first-order valence-electron chi connectivity index (χ1n) is 4.70. The molecule has 1 N–H and O–H groups in total. The van der Waals surface area contributed by atoms with E-state index in [1.807, 2.05) is 0 Å². The van der Waals surface area contributed by atoms with E-state index in [1.54, 1.807) is 0 Å². The van der Waals surface area contributed by atoms with Crippen molar-refractivity contribution < 1.29 is 16.0 Å². The summed E-state index contributed by atoms with van der Waals surface area (Å²) < 4.78 is 17.2. The van der Waals surface area contributed by atoms with Crippen molar-refractivity contribution in [3.05, 3.63) is 10.4 Å². The predicted octanol–water partition coefficient (Wildman–Crippen LogP) is 0.462. The summed E-state index contributed by atoms with van der Waals surface area (Å²) in [4.78, 5) is 2.68. The molecule has 6 nitrogen and oxygen atoms in total. The van der Waals surface area contributed by atoms with Gasteiger partial charge in [0.15, 0.2) is 0 Å². The van der Waals surface area contributed by atoms with Gasteiger partial charge in [-0.25, -0.2) is 0 Å². The summed E-state index contributed by atoms with van der Waals surface area (Å²) in [6, 6.07) is -0.264. The Morgan fingerprint density at radius 1 is 1.92 bits per heavy atom. The number of aliphatic hydroxyl groups excluding tert-OH is 1. The SMILES string of the molecule is [2H]CO[C@@H]1C[C@@H](N=[N+]=[N-])CO[C@@H]1CO. The molecule has 0 aromatic heterocycles. The lowest BCUT2D eigenvalue weighted by Crippen LogP contribution is -2.43. The van der Waals surface area contributed by atoms with E-state index in [-0.39, 0.29) is 25.8 Å². The molecule has 1 rings (SSSR count). The molecular formula is C7H13N3O3. The summed E-state index contributed by atoms with van der Waals surface area (Å²) >= 11 is 0. The second kappa shape index (κ2) is 5.04. The van der Waals surface area contributed by atoms with Crippen molar-refractivity contribution in [2.75, 3.05) is 20.3 Å². The summed E-state index contributed by atoms with van der Waals surface area (Å²) in [6.07, 6.45) is -0.277. The van der Waals surface area contributed by atoms with Crippen LogP contribution in [0, 0.1) is 0 Å². The molecule has 0 amide bonds. The third-order valence-electron chi connectivity index (χ3n) is 2.03. The number of aliphatic hydroxyl groups is 1. The average molecular weight is 188 g/mol. The molecule has 1 fully saturated rings. The van der Waals surface area contributed by atoms with Gasteiger partial charge in [0.2, 0.25) is 0 Å². The summed E-state index contributed by atoms with van der Waals surface area (Å²) in [5, 5.41) is 12.5. The minimum atomic E-state index is -0.412. The Morgan fingerprint density at radius 3 is 3.38 bits per heavy atom. The maximum absolute atomic E-state index is 8.93. The zero-order chi connectivity index (χ0) is 10.4. The maximum atomic E-state index is 8.93. The molecule has 0 saturated carbocycles. The molecule has 0 aromatic rings. The molecule has 0 radical (unpaired) electrons. The van der Waals surface area contributed by atoms with Crippen LogP contribution in [0.5, 0.6) is 0 Å². The first-order valence-corrected chi connectivity index (χ1v) is 3.99. The third-order valence-corrected chi connectivity index (χ3v) is 2.03. The molecule has 1 aliphatic rings. The fourth-order valence-electron chi connectivity index (χ4n) is 1.33. The molecule has 0 unspecified atom stereocenters. The number of nitrogens with zero attached hydrogens (tertiary/aromatic N) is 3. The van der Waals surface area contributed by atoms with E-state index in [4.69, 9.17) is 21.5 Å². The number of azide groups is 1. The van der Waals surface area contributed by atoms with Crippen LogP contribution in [0.4, 0.5) is 0 Å². The smallest absolute Gasteiger partial charge is 0.107 e. The molecular weight excluding hydrogens is 174 g/mol. The highest BCUT2D eigenvalue weighted by atomic mass is 16.5. The van der Waals surface area contributed by atoms with Crippen molar-refractivity contribution in [2.45, 2.75) is 24.7 Å². The van der Waals surface area contributed by atoms with Gasteiger partial charge >= 0.3 is 0 Å². The highest BCUT2D eigenvalue weighted by Gasteiger charge is 2.30. The highest BCUT2D eigenvalue weighted by Crippen LogP contribution is 2.19. The standard InChI is InChI=1S/C7H13N3O3/c1-12-6-2-5(9-10-8)4-13-7(6)3-11/h5-7,11H,2-4H2,1H3/t5-,6-,7-/m1/s1/i1D. The first kappa shape index (κ1) is 8.77. The van der Waals surface area contributed by atoms with Gasteiger partial charge in [-0.1, -0.05) is 5.11 Å². The van der Waals surface area contributed by atoms with Crippen LogP contribution in [0.3, 0.4) is 0 Å². The van der Waals surface area contributed by atoms with E-state index in [0.29, 0.717) is 13.0 Å². The zero-order valence-corrected chi connectivity index (χ0v) is 7.17. The lowest BCUT2D eigenvalue weighted by atomic mass is 10.0. The van der Waals surface area contributed by atoms with Gasteiger partial charge in [-0.05, 0) is 12.0 Å². The van der Waals surface area contributed by atoms with Gasteiger partial charge in [-0.2, -0.15) is 0 Å². The van der Waals surface area contributed by atoms with E-state index in [9.17, 15) is 0 Å². The molecule has 3 atom stereocenters. The van der Waals surface area contributed by atoms with E-state index >= 15 is 0 Å². The van der Waals surface area contributed by atoms with Crippen LogP contribution in [0.1, 0.15) is 7.79 Å². The zero-order valence-electron chi connectivity index (χ0n) is 8.17. The quantitative estimate of drug-likeness (QED) is 0.396. The third kappa shape index (κ3) is 2.57. The molecule has 1 saturated heterocycles. The van der Waals surface area contributed by atoms with Gasteiger partial charge in [-0.15, -0.1) is 0 Å². The summed E-state index contributed by atoms with van der Waals surface area (Å²) in [5.74, 6) is 0. The van der Waals surface area contributed by atoms with Gasteiger partial charge in [0.25, 0.3) is 0 Å². The van der Waals surface area contributed by atoms with Gasteiger partial charge in [0.05, 0.1) is 26.7 Å². The molecule has 13 heavy (non-hydrogen) atoms. The Morgan fingerprint density at radius 2 is 2.77 bits per heavy atom. The van der Waals surface area contributed by atoms with Crippen molar-refractivity contribution in [1.82, 2.24) is 0 Å². The van der Waals surface area contributed by atoms with Crippen molar-refractivity contribution >= 4 is 0 Å². The molecule has 0 bridgehead atoms. The second-order valence-corrected chi connectivity index (χ2v) is 2.85. The summed E-state index contributed by atoms with van der Waals surface area (Å²) in [5.41, 5.74) is 8.23. The minimum Gasteiger partial charge on any atom is -0.394 e. The van der Waals surface area contributed by atoms with E-state index in [0.717, 1.165) is 0 Å². The molecule has 0 spiro atoms. The fraction of sp³-hybridized carbons (Fsp3) is 1.00. The average Bonchev–Trinajstić information content (AvgIpc) is 2.19. The summed E-state index contributed by atoms with van der Waals surface area (Å²) in [7, 11) is -0.187. The number of methoxy groups -OCH3 is 1. The van der Waals surface area contributed by atoms with Crippen molar-refractivity contribution in [3.63, 3.8) is 0 Å². The fourth-order valence-corrected chi connectivity index (χ4v) is 1.33. The normalized spacial score (nSPS) is 34.8. The van der Waals surface area contributed by atoms with Crippen LogP contribution in [-0.2, 0) is 9.47 Å². The second-order valence-electron chi connectivity index (χ2n) is 2.85. The minimum absolute atomic E-state index is 0.145. The van der Waals surface area contributed by atoms with Crippen LogP contribution in [-0.4, -0.2) is 43.7 Å². The molecule has 6 heteroatoms. The number of rotatable bonds is 3. The predicted molar refractivity (Wildman–Crippen MR) is 45.2 cm³/mol. The van der Waals surface area contributed by atoms with E-state index in [1.165, 1.54) is 0 Å². The van der Waals surface area contributed by atoms with Gasteiger partial charge in [-0.3, -0.25) is 0 Å². The maximum Gasteiger partial charge on any atom is 0.107 e. The Labute approximate surface area is 77.5 Å². The lowest BCUT2D eigenvalue weighted by Gasteiger charge is -2.32.